The van der Waals surface area contributed by atoms with Crippen LogP contribution >= 0.6 is 0 Å². The first kappa shape index (κ1) is 11.4. The van der Waals surface area contributed by atoms with Crippen molar-refractivity contribution in [3.8, 4) is 11.5 Å². The van der Waals surface area contributed by atoms with Crippen LogP contribution in [-0.2, 0) is 6.61 Å². The summed E-state index contributed by atoms with van der Waals surface area (Å²) < 4.78 is 7.29. The molecule has 17 heavy (non-hydrogen) atoms. The van der Waals surface area contributed by atoms with Crippen molar-refractivity contribution in [3.05, 3.63) is 36.4 Å². The third kappa shape index (κ3) is 2.55. The fraction of sp³-hybridized carbons (Fsp3) is 0.333. The van der Waals surface area contributed by atoms with Crippen LogP contribution in [0.4, 0.5) is 0 Å². The Morgan fingerprint density at radius 2 is 2.12 bits per heavy atom. The van der Waals surface area contributed by atoms with Gasteiger partial charge >= 0.3 is 0 Å². The van der Waals surface area contributed by atoms with Crippen LogP contribution in [0.25, 0.3) is 0 Å². The maximum atomic E-state index is 9.55. The summed E-state index contributed by atoms with van der Waals surface area (Å²) in [6.45, 7) is 4.34. The van der Waals surface area contributed by atoms with Crippen LogP contribution in [0.5, 0.6) is 11.5 Å². The molecule has 2 rings (SSSR count). The molecule has 0 amide bonds. The van der Waals surface area contributed by atoms with Crippen molar-refractivity contribution in [1.29, 1.82) is 0 Å². The molecular formula is C12H15N3O2. The predicted octanol–water partition coefficient (Wildman–Crippen LogP) is 2.14. The summed E-state index contributed by atoms with van der Waals surface area (Å²) in [5.41, 5.74) is 0. The summed E-state index contributed by atoms with van der Waals surface area (Å²) >= 11 is 0. The zero-order valence-corrected chi connectivity index (χ0v) is 9.87. The van der Waals surface area contributed by atoms with Gasteiger partial charge in [0.25, 0.3) is 0 Å². The number of aromatic hydroxyl groups is 1. The standard InChI is InChI=1S/C12H15N3O2/c1-9(2)15-12(13-8-14-15)7-17-11-6-4-3-5-10(11)16/h3-6,8-9,16H,7H2,1-2H3. The summed E-state index contributed by atoms with van der Waals surface area (Å²) in [5.74, 6) is 1.32. The normalized spacial score (nSPS) is 10.8. The minimum Gasteiger partial charge on any atom is -0.504 e. The van der Waals surface area contributed by atoms with Gasteiger partial charge < -0.3 is 9.84 Å². The highest BCUT2D eigenvalue weighted by Gasteiger charge is 2.09. The number of para-hydroxylation sites is 2. The van der Waals surface area contributed by atoms with Gasteiger partial charge in [-0.05, 0) is 26.0 Å². The quantitative estimate of drug-likeness (QED) is 0.878. The lowest BCUT2D eigenvalue weighted by molar-refractivity contribution is 0.269. The Morgan fingerprint density at radius 1 is 1.35 bits per heavy atom. The molecule has 5 nitrogen and oxygen atoms in total. The van der Waals surface area contributed by atoms with Crippen LogP contribution in [0, 0.1) is 0 Å². The summed E-state index contributed by atoms with van der Waals surface area (Å²) in [6, 6.07) is 7.09. The molecule has 0 saturated heterocycles. The molecule has 90 valence electrons. The Morgan fingerprint density at radius 3 is 2.82 bits per heavy atom. The van der Waals surface area contributed by atoms with Crippen molar-refractivity contribution in [2.45, 2.75) is 26.5 Å². The molecule has 0 bridgehead atoms. The maximum absolute atomic E-state index is 9.55. The zero-order valence-electron chi connectivity index (χ0n) is 9.87. The molecule has 0 aliphatic carbocycles. The second-order valence-corrected chi connectivity index (χ2v) is 3.97. The van der Waals surface area contributed by atoms with E-state index < -0.39 is 0 Å². The highest BCUT2D eigenvalue weighted by Crippen LogP contribution is 2.25. The molecule has 1 heterocycles. The number of rotatable bonds is 4. The van der Waals surface area contributed by atoms with E-state index in [0.29, 0.717) is 5.75 Å². The van der Waals surface area contributed by atoms with Gasteiger partial charge in [0.05, 0.1) is 0 Å². The van der Waals surface area contributed by atoms with Gasteiger partial charge in [-0.1, -0.05) is 12.1 Å². The first-order valence-corrected chi connectivity index (χ1v) is 5.47. The highest BCUT2D eigenvalue weighted by molar-refractivity contribution is 5.37. The van der Waals surface area contributed by atoms with E-state index >= 15 is 0 Å². The monoisotopic (exact) mass is 233 g/mol. The molecule has 5 heteroatoms. The largest absolute Gasteiger partial charge is 0.504 e. The van der Waals surface area contributed by atoms with Gasteiger partial charge in [-0.15, -0.1) is 0 Å². The van der Waals surface area contributed by atoms with Gasteiger partial charge in [-0.25, -0.2) is 9.67 Å². The maximum Gasteiger partial charge on any atom is 0.165 e. The van der Waals surface area contributed by atoms with Gasteiger partial charge in [0.1, 0.15) is 12.9 Å². The lowest BCUT2D eigenvalue weighted by Crippen LogP contribution is -2.10. The smallest absolute Gasteiger partial charge is 0.165 e. The number of aromatic nitrogens is 3. The molecule has 0 saturated carbocycles. The van der Waals surface area contributed by atoms with Crippen molar-refractivity contribution < 1.29 is 9.84 Å². The zero-order chi connectivity index (χ0) is 12.3. The van der Waals surface area contributed by atoms with Crippen LogP contribution in [0.1, 0.15) is 25.7 Å². The lowest BCUT2D eigenvalue weighted by atomic mass is 10.3. The van der Waals surface area contributed by atoms with Crippen molar-refractivity contribution in [2.24, 2.45) is 0 Å². The van der Waals surface area contributed by atoms with Crippen LogP contribution in [0.3, 0.4) is 0 Å². The van der Waals surface area contributed by atoms with Gasteiger partial charge in [0, 0.05) is 6.04 Å². The molecule has 0 aliphatic rings. The van der Waals surface area contributed by atoms with Gasteiger partial charge in [-0.3, -0.25) is 0 Å². The van der Waals surface area contributed by atoms with E-state index in [9.17, 15) is 5.11 Å². The fourth-order valence-electron chi connectivity index (χ4n) is 1.53. The van der Waals surface area contributed by atoms with Crippen LogP contribution in [0.2, 0.25) is 0 Å². The predicted molar refractivity (Wildman–Crippen MR) is 62.8 cm³/mol. The molecule has 0 fully saturated rings. The summed E-state index contributed by atoms with van der Waals surface area (Å²) in [4.78, 5) is 4.13. The van der Waals surface area contributed by atoms with E-state index in [-0.39, 0.29) is 18.4 Å². The van der Waals surface area contributed by atoms with E-state index in [4.69, 9.17) is 4.74 Å². The number of phenolic OH excluding ortho intramolecular Hbond substituents is 1. The average Bonchev–Trinajstić information content (AvgIpc) is 2.76. The molecular weight excluding hydrogens is 218 g/mol. The molecule has 0 unspecified atom stereocenters. The fourth-order valence-corrected chi connectivity index (χ4v) is 1.53. The Hall–Kier alpha value is -2.04. The number of benzene rings is 1. The second kappa shape index (κ2) is 4.86. The molecule has 2 aromatic rings. The molecule has 1 N–H and O–H groups in total. The van der Waals surface area contributed by atoms with Gasteiger partial charge in [-0.2, -0.15) is 5.10 Å². The van der Waals surface area contributed by atoms with E-state index in [2.05, 4.69) is 10.1 Å². The molecule has 0 radical (unpaired) electrons. The number of phenols is 1. The van der Waals surface area contributed by atoms with E-state index in [1.807, 2.05) is 19.9 Å². The molecule has 0 spiro atoms. The third-order valence-corrected chi connectivity index (χ3v) is 2.36. The van der Waals surface area contributed by atoms with Crippen LogP contribution in [-0.4, -0.2) is 19.9 Å². The summed E-state index contributed by atoms with van der Waals surface area (Å²) in [7, 11) is 0. The first-order chi connectivity index (χ1) is 8.18. The van der Waals surface area contributed by atoms with Crippen molar-refractivity contribution in [3.63, 3.8) is 0 Å². The van der Waals surface area contributed by atoms with E-state index in [1.165, 1.54) is 6.33 Å². The van der Waals surface area contributed by atoms with Crippen molar-refractivity contribution in [2.75, 3.05) is 0 Å². The van der Waals surface area contributed by atoms with Gasteiger partial charge in [0.2, 0.25) is 0 Å². The number of ether oxygens (including phenoxy) is 1. The average molecular weight is 233 g/mol. The van der Waals surface area contributed by atoms with E-state index in [1.54, 1.807) is 22.9 Å². The first-order valence-electron chi connectivity index (χ1n) is 5.47. The molecule has 1 aromatic heterocycles. The minimum atomic E-state index is 0.128. The van der Waals surface area contributed by atoms with Crippen LogP contribution in [0.15, 0.2) is 30.6 Å². The Kier molecular flexibility index (Phi) is 3.27. The SMILES string of the molecule is CC(C)n1ncnc1COc1ccccc1O. The minimum absolute atomic E-state index is 0.128. The summed E-state index contributed by atoms with van der Waals surface area (Å²) in [6.07, 6.45) is 1.50. The number of nitrogens with zero attached hydrogens (tertiary/aromatic N) is 3. The van der Waals surface area contributed by atoms with Gasteiger partial charge in [0.15, 0.2) is 17.3 Å². The van der Waals surface area contributed by atoms with Crippen molar-refractivity contribution >= 4 is 0 Å². The Bertz CT molecular complexity index is 494. The van der Waals surface area contributed by atoms with Crippen molar-refractivity contribution in [1.82, 2.24) is 14.8 Å². The lowest BCUT2D eigenvalue weighted by Gasteiger charge is -2.11. The molecule has 0 atom stereocenters. The summed E-state index contributed by atoms with van der Waals surface area (Å²) in [5, 5.41) is 13.7. The van der Waals surface area contributed by atoms with Crippen LogP contribution < -0.4 is 4.74 Å². The number of hydrogen-bond acceptors (Lipinski definition) is 4. The number of hydrogen-bond donors (Lipinski definition) is 1. The second-order valence-electron chi connectivity index (χ2n) is 3.97. The third-order valence-electron chi connectivity index (χ3n) is 2.36. The topological polar surface area (TPSA) is 60.2 Å². The Labute approximate surface area is 99.7 Å². The Balaban J connectivity index is 2.08. The molecule has 0 aliphatic heterocycles. The highest BCUT2D eigenvalue weighted by atomic mass is 16.5. The molecule has 1 aromatic carbocycles. The van der Waals surface area contributed by atoms with E-state index in [0.717, 1.165) is 5.82 Å².